The summed E-state index contributed by atoms with van der Waals surface area (Å²) in [5.41, 5.74) is 3.48. The van der Waals surface area contributed by atoms with Crippen LogP contribution in [-0.2, 0) is 16.1 Å². The third kappa shape index (κ3) is 3.64. The first kappa shape index (κ1) is 15.6. The number of hydrogen-bond acceptors (Lipinski definition) is 3. The number of ether oxygens (including phenoxy) is 1. The van der Waals surface area contributed by atoms with Gasteiger partial charge < -0.3 is 15.0 Å². The minimum absolute atomic E-state index is 0.193. The van der Waals surface area contributed by atoms with E-state index in [9.17, 15) is 4.79 Å². The average molecular weight is 288 g/mol. The molecule has 114 valence electrons. The van der Waals surface area contributed by atoms with Crippen LogP contribution in [-0.4, -0.2) is 24.1 Å². The maximum absolute atomic E-state index is 11.9. The molecule has 0 radical (unpaired) electrons. The van der Waals surface area contributed by atoms with E-state index in [-0.39, 0.29) is 12.0 Å². The monoisotopic (exact) mass is 288 g/mol. The predicted molar refractivity (Wildman–Crippen MR) is 85.1 cm³/mol. The van der Waals surface area contributed by atoms with Crippen LogP contribution in [0.5, 0.6) is 0 Å². The van der Waals surface area contributed by atoms with Crippen molar-refractivity contribution in [2.75, 3.05) is 7.11 Å². The molecule has 1 aromatic carbocycles. The highest BCUT2D eigenvalue weighted by Gasteiger charge is 2.20. The molecule has 2 N–H and O–H groups in total. The quantitative estimate of drug-likeness (QED) is 0.803. The number of carbonyl (C=O) groups is 1. The van der Waals surface area contributed by atoms with Crippen LogP contribution in [0, 0.1) is 12.8 Å². The number of nitrogens with one attached hydrogen (secondary N) is 2. The first-order valence-electron chi connectivity index (χ1n) is 7.40. The Morgan fingerprint density at radius 3 is 2.71 bits per heavy atom. The predicted octanol–water partition coefficient (Wildman–Crippen LogP) is 3.15. The van der Waals surface area contributed by atoms with Gasteiger partial charge in [-0.1, -0.05) is 32.0 Å². The van der Waals surface area contributed by atoms with Crippen LogP contribution in [0.4, 0.5) is 0 Å². The summed E-state index contributed by atoms with van der Waals surface area (Å²) in [7, 11) is 1.44. The van der Waals surface area contributed by atoms with Gasteiger partial charge in [-0.15, -0.1) is 0 Å². The van der Waals surface area contributed by atoms with Gasteiger partial charge in [-0.25, -0.2) is 0 Å². The summed E-state index contributed by atoms with van der Waals surface area (Å²) in [6.07, 6.45) is 0.772. The fourth-order valence-electron chi connectivity index (χ4n) is 2.66. The lowest BCUT2D eigenvalue weighted by Gasteiger charge is -2.18. The Balaban J connectivity index is 2.15. The van der Waals surface area contributed by atoms with Gasteiger partial charge in [0.15, 0.2) is 0 Å². The number of aromatic nitrogens is 1. The largest absolute Gasteiger partial charge is 0.468 e. The van der Waals surface area contributed by atoms with Crippen LogP contribution in [0.15, 0.2) is 24.3 Å². The van der Waals surface area contributed by atoms with Crippen molar-refractivity contribution in [3.8, 4) is 0 Å². The second-order valence-electron chi connectivity index (χ2n) is 5.86. The lowest BCUT2D eigenvalue weighted by atomic mass is 10.0. The molecular formula is C17H24N2O2. The molecule has 1 unspecified atom stereocenters. The van der Waals surface area contributed by atoms with Crippen molar-refractivity contribution in [1.29, 1.82) is 0 Å². The number of aromatic amines is 1. The first-order chi connectivity index (χ1) is 10.0. The Hall–Kier alpha value is -1.81. The van der Waals surface area contributed by atoms with Crippen LogP contribution in [0.25, 0.3) is 10.9 Å². The van der Waals surface area contributed by atoms with Crippen molar-refractivity contribution in [1.82, 2.24) is 10.3 Å². The smallest absolute Gasteiger partial charge is 0.322 e. The van der Waals surface area contributed by atoms with E-state index < -0.39 is 0 Å². The van der Waals surface area contributed by atoms with Gasteiger partial charge in [0.1, 0.15) is 6.04 Å². The van der Waals surface area contributed by atoms with Gasteiger partial charge in [-0.3, -0.25) is 4.79 Å². The van der Waals surface area contributed by atoms with E-state index in [1.54, 1.807) is 0 Å². The molecule has 0 bridgehead atoms. The van der Waals surface area contributed by atoms with E-state index >= 15 is 0 Å². The summed E-state index contributed by atoms with van der Waals surface area (Å²) in [6, 6.07) is 7.96. The molecule has 0 amide bonds. The molecule has 4 nitrogen and oxygen atoms in total. The van der Waals surface area contributed by atoms with E-state index in [4.69, 9.17) is 4.74 Å². The highest BCUT2D eigenvalue weighted by Crippen LogP contribution is 2.22. The van der Waals surface area contributed by atoms with Gasteiger partial charge in [-0.2, -0.15) is 0 Å². The maximum Gasteiger partial charge on any atom is 0.322 e. The Labute approximate surface area is 125 Å². The fraction of sp³-hybridized carbons (Fsp3) is 0.471. The molecule has 0 aliphatic rings. The van der Waals surface area contributed by atoms with Crippen molar-refractivity contribution < 1.29 is 9.53 Å². The number of para-hydroxylation sites is 1. The Bertz CT molecular complexity index is 616. The standard InChI is InChI=1S/C17H24N2O2/c1-11(2)9-16(17(20)21-4)18-10-14-12(3)19-15-8-6-5-7-13(14)15/h5-8,11,16,18-19H,9-10H2,1-4H3. The van der Waals surface area contributed by atoms with Gasteiger partial charge in [0.25, 0.3) is 0 Å². The number of hydrogen-bond donors (Lipinski definition) is 2. The molecule has 0 saturated carbocycles. The van der Waals surface area contributed by atoms with Crippen LogP contribution in [0.3, 0.4) is 0 Å². The van der Waals surface area contributed by atoms with Crippen molar-refractivity contribution in [3.63, 3.8) is 0 Å². The molecule has 0 saturated heterocycles. The van der Waals surface area contributed by atoms with Crippen molar-refractivity contribution in [2.24, 2.45) is 5.92 Å². The summed E-state index contributed by atoms with van der Waals surface area (Å²) in [6.45, 7) is 6.93. The number of H-pyrrole nitrogens is 1. The maximum atomic E-state index is 11.9. The Morgan fingerprint density at radius 2 is 2.05 bits per heavy atom. The van der Waals surface area contributed by atoms with Crippen molar-refractivity contribution in [2.45, 2.75) is 39.8 Å². The topological polar surface area (TPSA) is 54.1 Å². The molecule has 0 aliphatic carbocycles. The van der Waals surface area contributed by atoms with E-state index in [1.807, 2.05) is 12.1 Å². The molecule has 0 aliphatic heterocycles. The van der Waals surface area contributed by atoms with Gasteiger partial charge in [0.05, 0.1) is 7.11 Å². The zero-order chi connectivity index (χ0) is 15.4. The molecule has 21 heavy (non-hydrogen) atoms. The highest BCUT2D eigenvalue weighted by atomic mass is 16.5. The van der Waals surface area contributed by atoms with E-state index in [2.05, 4.69) is 43.2 Å². The summed E-state index contributed by atoms with van der Waals surface area (Å²) >= 11 is 0. The average Bonchev–Trinajstić information content (AvgIpc) is 2.77. The lowest BCUT2D eigenvalue weighted by molar-refractivity contribution is -0.143. The zero-order valence-corrected chi connectivity index (χ0v) is 13.2. The normalized spacial score (nSPS) is 12.8. The number of aryl methyl sites for hydroxylation is 1. The molecule has 2 aromatic rings. The second kappa shape index (κ2) is 6.76. The fourth-order valence-corrected chi connectivity index (χ4v) is 2.66. The van der Waals surface area contributed by atoms with E-state index in [1.165, 1.54) is 18.1 Å². The van der Waals surface area contributed by atoms with Gasteiger partial charge >= 0.3 is 5.97 Å². The third-order valence-electron chi connectivity index (χ3n) is 3.75. The van der Waals surface area contributed by atoms with Crippen LogP contribution >= 0.6 is 0 Å². The van der Waals surface area contributed by atoms with Crippen LogP contribution in [0.1, 0.15) is 31.5 Å². The molecule has 0 fully saturated rings. The summed E-state index contributed by atoms with van der Waals surface area (Å²) in [4.78, 5) is 15.2. The van der Waals surface area contributed by atoms with Crippen LogP contribution in [0.2, 0.25) is 0 Å². The molecular weight excluding hydrogens is 264 g/mol. The molecule has 1 aromatic heterocycles. The number of benzene rings is 1. The highest BCUT2D eigenvalue weighted by molar-refractivity contribution is 5.84. The van der Waals surface area contributed by atoms with Crippen LogP contribution < -0.4 is 5.32 Å². The first-order valence-corrected chi connectivity index (χ1v) is 7.40. The van der Waals surface area contributed by atoms with Gasteiger partial charge in [0.2, 0.25) is 0 Å². The van der Waals surface area contributed by atoms with Crippen molar-refractivity contribution >= 4 is 16.9 Å². The summed E-state index contributed by atoms with van der Waals surface area (Å²) < 4.78 is 4.89. The van der Waals surface area contributed by atoms with Gasteiger partial charge in [-0.05, 0) is 30.9 Å². The number of carbonyl (C=O) groups excluding carboxylic acids is 1. The number of methoxy groups -OCH3 is 1. The number of fused-ring (bicyclic) bond motifs is 1. The summed E-state index contributed by atoms with van der Waals surface area (Å²) in [5.74, 6) is 0.242. The molecule has 1 heterocycles. The second-order valence-corrected chi connectivity index (χ2v) is 5.86. The van der Waals surface area contributed by atoms with E-state index in [0.29, 0.717) is 12.5 Å². The zero-order valence-electron chi connectivity index (χ0n) is 13.2. The SMILES string of the molecule is COC(=O)C(CC(C)C)NCc1c(C)[nH]c2ccccc12. The van der Waals surface area contributed by atoms with Gasteiger partial charge in [0, 0.05) is 23.1 Å². The minimum Gasteiger partial charge on any atom is -0.468 e. The van der Waals surface area contributed by atoms with E-state index in [0.717, 1.165) is 17.6 Å². The Kier molecular flexibility index (Phi) is 5.02. The Morgan fingerprint density at radius 1 is 1.33 bits per heavy atom. The molecule has 1 atom stereocenters. The lowest BCUT2D eigenvalue weighted by Crippen LogP contribution is -2.38. The minimum atomic E-state index is -0.261. The summed E-state index contributed by atoms with van der Waals surface area (Å²) in [5, 5.41) is 4.55. The third-order valence-corrected chi connectivity index (χ3v) is 3.75. The molecule has 0 spiro atoms. The molecule has 2 rings (SSSR count). The number of rotatable bonds is 6. The van der Waals surface area contributed by atoms with Crippen molar-refractivity contribution in [3.05, 3.63) is 35.5 Å². The number of esters is 1. The molecule has 4 heteroatoms.